The molecule has 1 atom stereocenters. The van der Waals surface area contributed by atoms with Gasteiger partial charge in [-0.15, -0.1) is 0 Å². The average molecular weight is 345 g/mol. The van der Waals surface area contributed by atoms with Gasteiger partial charge in [0, 0.05) is 6.54 Å². The summed E-state index contributed by atoms with van der Waals surface area (Å²) in [5.74, 6) is 2.17. The zero-order chi connectivity index (χ0) is 18.0. The fourth-order valence-electron chi connectivity index (χ4n) is 3.26. The Morgan fingerprint density at radius 1 is 0.840 bits per heavy atom. The lowest BCUT2D eigenvalue weighted by atomic mass is 9.89. The molecule has 134 valence electrons. The van der Waals surface area contributed by atoms with Crippen LogP contribution in [0, 0.1) is 0 Å². The van der Waals surface area contributed by atoms with E-state index in [4.69, 9.17) is 18.9 Å². The molecule has 2 N–H and O–H groups in total. The topological polar surface area (TPSA) is 69.2 Å². The number of benzene rings is 2. The first kappa shape index (κ1) is 17.2. The zero-order valence-electron chi connectivity index (χ0n) is 14.9. The van der Waals surface area contributed by atoms with Gasteiger partial charge in [0.25, 0.3) is 0 Å². The summed E-state index contributed by atoms with van der Waals surface area (Å²) >= 11 is 0. The predicted octanol–water partition coefficient (Wildman–Crippen LogP) is 2.66. The first-order valence-electron chi connectivity index (χ1n) is 8.06. The van der Waals surface area contributed by atoms with Crippen LogP contribution in [0.2, 0.25) is 0 Å². The van der Waals surface area contributed by atoms with Gasteiger partial charge in [-0.3, -0.25) is 0 Å². The SMILES string of the molecule is COc1cc2c(cc1OC)C(c1cc(OC)c(O)c(OC)c1)NCC2. The molecule has 1 aliphatic heterocycles. The Morgan fingerprint density at radius 2 is 1.40 bits per heavy atom. The van der Waals surface area contributed by atoms with Crippen molar-refractivity contribution in [2.45, 2.75) is 12.5 Å². The van der Waals surface area contributed by atoms with Gasteiger partial charge in [-0.2, -0.15) is 0 Å². The van der Waals surface area contributed by atoms with E-state index in [1.54, 1.807) is 14.2 Å². The molecule has 6 heteroatoms. The van der Waals surface area contributed by atoms with E-state index in [1.807, 2.05) is 24.3 Å². The highest BCUT2D eigenvalue weighted by molar-refractivity contribution is 5.57. The molecule has 2 aromatic rings. The minimum atomic E-state index is -0.0630. The fraction of sp³-hybridized carbons (Fsp3) is 0.368. The number of rotatable bonds is 5. The van der Waals surface area contributed by atoms with Gasteiger partial charge in [0.05, 0.1) is 34.5 Å². The first-order chi connectivity index (χ1) is 12.1. The van der Waals surface area contributed by atoms with E-state index in [1.165, 1.54) is 19.8 Å². The molecule has 0 amide bonds. The van der Waals surface area contributed by atoms with Crippen LogP contribution in [0.15, 0.2) is 24.3 Å². The Morgan fingerprint density at radius 3 is 1.96 bits per heavy atom. The normalized spacial score (nSPS) is 16.1. The zero-order valence-corrected chi connectivity index (χ0v) is 14.9. The van der Waals surface area contributed by atoms with Crippen molar-refractivity contribution < 1.29 is 24.1 Å². The Hall–Kier alpha value is -2.60. The number of nitrogens with one attached hydrogen (secondary N) is 1. The van der Waals surface area contributed by atoms with Crippen molar-refractivity contribution in [3.8, 4) is 28.7 Å². The van der Waals surface area contributed by atoms with E-state index in [-0.39, 0.29) is 11.8 Å². The molecule has 0 saturated heterocycles. The summed E-state index contributed by atoms with van der Waals surface area (Å²) in [5.41, 5.74) is 3.26. The third-order valence-corrected chi connectivity index (χ3v) is 4.53. The van der Waals surface area contributed by atoms with Crippen LogP contribution in [0.1, 0.15) is 22.7 Å². The van der Waals surface area contributed by atoms with Gasteiger partial charge >= 0.3 is 0 Å². The van der Waals surface area contributed by atoms with Crippen LogP contribution in [0.25, 0.3) is 0 Å². The molecule has 0 saturated carbocycles. The molecule has 2 aromatic carbocycles. The number of fused-ring (bicyclic) bond motifs is 1. The molecule has 6 nitrogen and oxygen atoms in total. The van der Waals surface area contributed by atoms with Gasteiger partial charge in [-0.1, -0.05) is 0 Å². The van der Waals surface area contributed by atoms with Gasteiger partial charge in [0.15, 0.2) is 23.0 Å². The van der Waals surface area contributed by atoms with Crippen molar-refractivity contribution in [2.24, 2.45) is 0 Å². The van der Waals surface area contributed by atoms with Gasteiger partial charge in [-0.05, 0) is 47.4 Å². The highest BCUT2D eigenvalue weighted by Gasteiger charge is 2.26. The van der Waals surface area contributed by atoms with Gasteiger partial charge in [0.2, 0.25) is 5.75 Å². The van der Waals surface area contributed by atoms with Crippen molar-refractivity contribution in [1.82, 2.24) is 5.32 Å². The van der Waals surface area contributed by atoms with E-state index >= 15 is 0 Å². The lowest BCUT2D eigenvalue weighted by molar-refractivity contribution is 0.338. The predicted molar refractivity (Wildman–Crippen MR) is 94.3 cm³/mol. The van der Waals surface area contributed by atoms with E-state index in [2.05, 4.69) is 5.32 Å². The molecular weight excluding hydrogens is 322 g/mol. The summed E-state index contributed by atoms with van der Waals surface area (Å²) in [5, 5.41) is 13.7. The third kappa shape index (κ3) is 3.05. The van der Waals surface area contributed by atoms with Crippen LogP contribution in [0.3, 0.4) is 0 Å². The van der Waals surface area contributed by atoms with Crippen LogP contribution < -0.4 is 24.3 Å². The molecule has 1 heterocycles. The minimum absolute atomic E-state index is 0.00269. The lowest BCUT2D eigenvalue weighted by Crippen LogP contribution is -2.30. The Bertz CT molecular complexity index is 750. The molecular formula is C19H23NO5. The molecule has 0 aromatic heterocycles. The number of phenolic OH excluding ortho intramolecular Hbond substituents is 1. The second-order valence-electron chi connectivity index (χ2n) is 5.82. The Kier molecular flexibility index (Phi) is 4.90. The van der Waals surface area contributed by atoms with Gasteiger partial charge in [-0.25, -0.2) is 0 Å². The molecule has 25 heavy (non-hydrogen) atoms. The standard InChI is InChI=1S/C19H23NO5/c1-22-14-7-11-5-6-20-18(13(11)10-15(14)23-2)12-8-16(24-3)19(21)17(9-12)25-4/h7-10,18,20-21H,5-6H2,1-4H3. The van der Waals surface area contributed by atoms with Gasteiger partial charge < -0.3 is 29.4 Å². The largest absolute Gasteiger partial charge is 0.502 e. The summed E-state index contributed by atoms with van der Waals surface area (Å²) in [6.07, 6.45) is 0.901. The van der Waals surface area contributed by atoms with E-state index in [0.717, 1.165) is 29.8 Å². The summed E-state index contributed by atoms with van der Waals surface area (Å²) in [6, 6.07) is 7.60. The fourth-order valence-corrected chi connectivity index (χ4v) is 3.26. The third-order valence-electron chi connectivity index (χ3n) is 4.53. The van der Waals surface area contributed by atoms with E-state index in [0.29, 0.717) is 17.2 Å². The number of hydrogen-bond donors (Lipinski definition) is 2. The van der Waals surface area contributed by atoms with Crippen LogP contribution >= 0.6 is 0 Å². The van der Waals surface area contributed by atoms with Crippen molar-refractivity contribution >= 4 is 0 Å². The average Bonchev–Trinajstić information content (AvgIpc) is 2.66. The maximum absolute atomic E-state index is 10.2. The number of ether oxygens (including phenoxy) is 4. The van der Waals surface area contributed by atoms with Crippen molar-refractivity contribution in [3.05, 3.63) is 41.0 Å². The highest BCUT2D eigenvalue weighted by Crippen LogP contribution is 2.42. The van der Waals surface area contributed by atoms with Crippen molar-refractivity contribution in [1.29, 1.82) is 0 Å². The lowest BCUT2D eigenvalue weighted by Gasteiger charge is -2.29. The van der Waals surface area contributed by atoms with E-state index in [9.17, 15) is 5.11 Å². The maximum Gasteiger partial charge on any atom is 0.200 e. The first-order valence-corrected chi connectivity index (χ1v) is 8.06. The van der Waals surface area contributed by atoms with Crippen LogP contribution in [-0.4, -0.2) is 40.1 Å². The monoisotopic (exact) mass is 345 g/mol. The molecule has 0 bridgehead atoms. The molecule has 0 aliphatic carbocycles. The molecule has 1 aliphatic rings. The van der Waals surface area contributed by atoms with Crippen molar-refractivity contribution in [2.75, 3.05) is 35.0 Å². The molecule has 0 spiro atoms. The number of hydrogen-bond acceptors (Lipinski definition) is 6. The summed E-state index contributed by atoms with van der Waals surface area (Å²) in [6.45, 7) is 0.832. The van der Waals surface area contributed by atoms with Gasteiger partial charge in [0.1, 0.15) is 0 Å². The quantitative estimate of drug-likeness (QED) is 0.868. The Labute approximate surface area is 147 Å². The van der Waals surface area contributed by atoms with Crippen LogP contribution in [0.5, 0.6) is 28.7 Å². The molecule has 1 unspecified atom stereocenters. The molecule has 3 rings (SSSR count). The molecule has 0 fully saturated rings. The van der Waals surface area contributed by atoms with Crippen LogP contribution in [0.4, 0.5) is 0 Å². The second-order valence-corrected chi connectivity index (χ2v) is 5.82. The molecule has 0 radical (unpaired) electrons. The number of methoxy groups -OCH3 is 4. The summed E-state index contributed by atoms with van der Waals surface area (Å²) in [4.78, 5) is 0. The van der Waals surface area contributed by atoms with Crippen LogP contribution in [-0.2, 0) is 6.42 Å². The highest BCUT2D eigenvalue weighted by atomic mass is 16.5. The second kappa shape index (κ2) is 7.11. The number of aromatic hydroxyl groups is 1. The Balaban J connectivity index is 2.12. The number of phenols is 1. The minimum Gasteiger partial charge on any atom is -0.502 e. The van der Waals surface area contributed by atoms with Crippen molar-refractivity contribution in [3.63, 3.8) is 0 Å². The maximum atomic E-state index is 10.2. The summed E-state index contributed by atoms with van der Waals surface area (Å²) in [7, 11) is 6.31. The van der Waals surface area contributed by atoms with E-state index < -0.39 is 0 Å². The summed E-state index contributed by atoms with van der Waals surface area (Å²) < 4.78 is 21.4. The smallest absolute Gasteiger partial charge is 0.200 e.